The van der Waals surface area contributed by atoms with Gasteiger partial charge in [0.2, 0.25) is 5.91 Å². The lowest BCUT2D eigenvalue weighted by molar-refractivity contribution is -0.125. The smallest absolute Gasteiger partial charge is 0.246 e. The number of hydrogen-bond donors (Lipinski definition) is 2. The van der Waals surface area contributed by atoms with Gasteiger partial charge in [0.15, 0.2) is 5.82 Å². The quantitative estimate of drug-likeness (QED) is 0.313. The number of aryl methyl sites for hydroxylation is 1. The van der Waals surface area contributed by atoms with Crippen molar-refractivity contribution >= 4 is 57.2 Å². The number of rotatable bonds is 8. The van der Waals surface area contributed by atoms with Crippen molar-refractivity contribution in [2.24, 2.45) is 0 Å². The predicted molar refractivity (Wildman–Crippen MR) is 142 cm³/mol. The lowest BCUT2D eigenvalue weighted by Crippen LogP contribution is -2.30. The third kappa shape index (κ3) is 5.39. The number of likely N-dealkylation sites (tertiary alicyclic amines) is 1. The van der Waals surface area contributed by atoms with E-state index in [1.54, 1.807) is 22.3 Å². The molecular weight excluding hydrogens is 498 g/mol. The van der Waals surface area contributed by atoms with Crippen molar-refractivity contribution in [3.05, 3.63) is 70.4 Å². The summed E-state index contributed by atoms with van der Waals surface area (Å²) in [5, 5.41) is 8.18. The molecule has 1 fully saturated rings. The van der Waals surface area contributed by atoms with E-state index in [1.165, 1.54) is 12.4 Å². The number of thiazole rings is 1. The first-order valence-corrected chi connectivity index (χ1v) is 12.6. The van der Waals surface area contributed by atoms with E-state index in [0.717, 1.165) is 22.0 Å². The van der Waals surface area contributed by atoms with E-state index in [-0.39, 0.29) is 11.9 Å². The summed E-state index contributed by atoms with van der Waals surface area (Å²) in [5.41, 5.74) is 2.07. The first kappa shape index (κ1) is 24.0. The fourth-order valence-corrected chi connectivity index (χ4v) is 4.93. The molecule has 11 heteroatoms. The average molecular weight is 522 g/mol. The lowest BCUT2D eigenvalue weighted by Gasteiger charge is -2.16. The van der Waals surface area contributed by atoms with Crippen LogP contribution in [0.5, 0.6) is 5.75 Å². The molecule has 1 saturated heterocycles. The van der Waals surface area contributed by atoms with E-state index < -0.39 is 0 Å². The zero-order chi connectivity index (χ0) is 25.1. The Kier molecular flexibility index (Phi) is 6.97. The Balaban J connectivity index is 1.30. The highest BCUT2D eigenvalue weighted by Crippen LogP contribution is 2.31. The Bertz CT molecular complexity index is 1430. The molecule has 3 aromatic heterocycles. The molecule has 1 amide bonds. The third-order valence-electron chi connectivity index (χ3n) is 5.74. The molecule has 36 heavy (non-hydrogen) atoms. The Morgan fingerprint density at radius 3 is 2.97 bits per heavy atom. The van der Waals surface area contributed by atoms with Crippen molar-refractivity contribution < 1.29 is 9.53 Å². The zero-order valence-electron chi connectivity index (χ0n) is 19.6. The van der Waals surface area contributed by atoms with Gasteiger partial charge < -0.3 is 20.3 Å². The van der Waals surface area contributed by atoms with Crippen LogP contribution in [-0.4, -0.2) is 49.9 Å². The van der Waals surface area contributed by atoms with Crippen molar-refractivity contribution in [3.63, 3.8) is 0 Å². The number of hydrogen-bond acceptors (Lipinski definition) is 9. The molecule has 184 valence electrons. The molecule has 1 aromatic carbocycles. The van der Waals surface area contributed by atoms with E-state index in [4.69, 9.17) is 21.3 Å². The summed E-state index contributed by atoms with van der Waals surface area (Å²) in [4.78, 5) is 32.4. The van der Waals surface area contributed by atoms with Crippen LogP contribution in [-0.2, 0) is 11.4 Å². The number of aromatic nitrogens is 4. The van der Waals surface area contributed by atoms with Crippen LogP contribution in [0.3, 0.4) is 0 Å². The van der Waals surface area contributed by atoms with Gasteiger partial charge in [-0.2, -0.15) is 0 Å². The number of pyridine rings is 1. The SMILES string of the molecule is C=CC(=O)N1CC[C@H](Nc2ccc3ncnc(Nc4ccc(OCc5cnc(C)s5)c(Cl)c4)c3n2)C1. The first-order valence-electron chi connectivity index (χ1n) is 11.4. The van der Waals surface area contributed by atoms with Crippen molar-refractivity contribution in [2.45, 2.75) is 26.0 Å². The van der Waals surface area contributed by atoms with Gasteiger partial charge in [0.1, 0.15) is 30.0 Å². The largest absolute Gasteiger partial charge is 0.486 e. The molecule has 0 bridgehead atoms. The fourth-order valence-electron chi connectivity index (χ4n) is 3.98. The number of benzene rings is 1. The van der Waals surface area contributed by atoms with Crippen LogP contribution in [0, 0.1) is 6.92 Å². The van der Waals surface area contributed by atoms with Gasteiger partial charge in [0, 0.05) is 31.0 Å². The first-order chi connectivity index (χ1) is 17.5. The van der Waals surface area contributed by atoms with Crippen molar-refractivity contribution in [1.29, 1.82) is 0 Å². The van der Waals surface area contributed by atoms with Gasteiger partial charge in [-0.1, -0.05) is 18.2 Å². The maximum atomic E-state index is 11.9. The van der Waals surface area contributed by atoms with Gasteiger partial charge in [-0.3, -0.25) is 4.79 Å². The van der Waals surface area contributed by atoms with Gasteiger partial charge in [-0.05, 0) is 49.8 Å². The van der Waals surface area contributed by atoms with Crippen LogP contribution in [0.15, 0.2) is 55.5 Å². The zero-order valence-corrected chi connectivity index (χ0v) is 21.1. The molecule has 5 rings (SSSR count). The molecule has 2 N–H and O–H groups in total. The number of fused-ring (bicyclic) bond motifs is 1. The monoisotopic (exact) mass is 521 g/mol. The minimum Gasteiger partial charge on any atom is -0.486 e. The fraction of sp³-hybridized carbons (Fsp3) is 0.240. The standard InChI is InChI=1S/C25H24ClN7O2S/c1-3-23(34)33-9-8-17(12-33)30-22-7-5-20-24(32-22)25(29-14-28-20)31-16-4-6-21(19(26)10-16)35-13-18-11-27-15(2)36-18/h3-7,10-11,14,17H,1,8-9,12-13H2,2H3,(H,30,32)(H,28,29,31)/t17-/m0/s1. The molecule has 1 aliphatic heterocycles. The summed E-state index contributed by atoms with van der Waals surface area (Å²) < 4.78 is 5.85. The number of nitrogens with one attached hydrogen (secondary N) is 2. The van der Waals surface area contributed by atoms with Gasteiger partial charge in [-0.25, -0.2) is 19.9 Å². The van der Waals surface area contributed by atoms with E-state index in [9.17, 15) is 4.79 Å². The minimum atomic E-state index is -0.0561. The normalized spacial score (nSPS) is 15.2. The number of nitrogens with zero attached hydrogens (tertiary/aromatic N) is 5. The van der Waals surface area contributed by atoms with Crippen molar-refractivity contribution in [3.8, 4) is 5.75 Å². The molecule has 0 saturated carbocycles. The number of anilines is 3. The van der Waals surface area contributed by atoms with Gasteiger partial charge in [-0.15, -0.1) is 11.3 Å². The minimum absolute atomic E-state index is 0.0561. The molecule has 4 heterocycles. The van der Waals surface area contributed by atoms with E-state index in [0.29, 0.717) is 53.1 Å². The number of carbonyl (C=O) groups excluding carboxylic acids is 1. The van der Waals surface area contributed by atoms with Crippen LogP contribution >= 0.6 is 22.9 Å². The summed E-state index contributed by atoms with van der Waals surface area (Å²) >= 11 is 8.07. The summed E-state index contributed by atoms with van der Waals surface area (Å²) in [7, 11) is 0. The number of halogens is 1. The topological polar surface area (TPSA) is 105 Å². The van der Waals surface area contributed by atoms with Crippen LogP contribution in [0.1, 0.15) is 16.3 Å². The van der Waals surface area contributed by atoms with Crippen LogP contribution < -0.4 is 15.4 Å². The lowest BCUT2D eigenvalue weighted by atomic mass is 10.2. The highest BCUT2D eigenvalue weighted by atomic mass is 35.5. The number of amides is 1. The molecule has 0 aliphatic carbocycles. The highest BCUT2D eigenvalue weighted by Gasteiger charge is 2.25. The van der Waals surface area contributed by atoms with Crippen LogP contribution in [0.2, 0.25) is 5.02 Å². The van der Waals surface area contributed by atoms with Crippen molar-refractivity contribution in [2.75, 3.05) is 23.7 Å². The average Bonchev–Trinajstić information content (AvgIpc) is 3.52. The van der Waals surface area contributed by atoms with E-state index in [2.05, 4.69) is 32.2 Å². The molecule has 0 unspecified atom stereocenters. The Morgan fingerprint density at radius 2 is 2.19 bits per heavy atom. The molecule has 0 radical (unpaired) electrons. The van der Waals surface area contributed by atoms with Gasteiger partial charge in [0.05, 0.1) is 20.4 Å². The second-order valence-corrected chi connectivity index (χ2v) is 10.0. The van der Waals surface area contributed by atoms with Gasteiger partial charge in [0.25, 0.3) is 0 Å². The number of ether oxygens (including phenoxy) is 1. The Hall–Kier alpha value is -3.76. The van der Waals surface area contributed by atoms with Crippen LogP contribution in [0.25, 0.3) is 11.0 Å². The van der Waals surface area contributed by atoms with Crippen molar-refractivity contribution in [1.82, 2.24) is 24.8 Å². The Morgan fingerprint density at radius 1 is 1.31 bits per heavy atom. The Labute approximate surface area is 217 Å². The summed E-state index contributed by atoms with van der Waals surface area (Å²) in [5.74, 6) is 1.78. The van der Waals surface area contributed by atoms with Gasteiger partial charge >= 0.3 is 0 Å². The molecule has 1 aliphatic rings. The summed E-state index contributed by atoms with van der Waals surface area (Å²) in [6.07, 6.45) is 5.49. The predicted octanol–water partition coefficient (Wildman–Crippen LogP) is 4.96. The molecule has 4 aromatic rings. The number of carbonyl (C=O) groups is 1. The molecular formula is C25H24ClN7O2S. The maximum Gasteiger partial charge on any atom is 0.246 e. The maximum absolute atomic E-state index is 11.9. The second kappa shape index (κ2) is 10.5. The second-order valence-electron chi connectivity index (χ2n) is 8.31. The molecule has 1 atom stereocenters. The summed E-state index contributed by atoms with van der Waals surface area (Å²) in [6, 6.07) is 9.36. The summed E-state index contributed by atoms with van der Waals surface area (Å²) in [6.45, 7) is 7.23. The van der Waals surface area contributed by atoms with E-state index >= 15 is 0 Å². The van der Waals surface area contributed by atoms with E-state index in [1.807, 2.05) is 37.4 Å². The molecule has 9 nitrogen and oxygen atoms in total. The highest BCUT2D eigenvalue weighted by molar-refractivity contribution is 7.11. The molecule has 0 spiro atoms. The van der Waals surface area contributed by atoms with Crippen LogP contribution in [0.4, 0.5) is 17.3 Å². The third-order valence-corrected chi connectivity index (χ3v) is 6.92.